The number of hydrogen-bond donors (Lipinski definition) is 1. The minimum atomic E-state index is -4.29. The quantitative estimate of drug-likeness (QED) is 0.555. The molecule has 17 heavy (non-hydrogen) atoms. The zero-order valence-electron chi connectivity index (χ0n) is 8.95. The Kier molecular flexibility index (Phi) is 5.55. The molecule has 0 heterocycles. The van der Waals surface area contributed by atoms with Gasteiger partial charge in [0.05, 0.1) is 6.61 Å². The number of hydrogen-bond acceptors (Lipinski definition) is 7. The molecule has 0 atom stereocenters. The summed E-state index contributed by atoms with van der Waals surface area (Å²) in [6.45, 7) is 1.43. The van der Waals surface area contributed by atoms with Gasteiger partial charge in [0.25, 0.3) is 0 Å². The topological polar surface area (TPSA) is 132 Å². The predicted octanol–water partition coefficient (Wildman–Crippen LogP) is -1.58. The second-order valence-corrected chi connectivity index (χ2v) is 7.59. The molecule has 0 aromatic rings. The molecule has 0 radical (unpaired) electrons. The molecule has 0 aromatic carbocycles. The molecule has 0 rings (SSSR count). The van der Waals surface area contributed by atoms with Crippen LogP contribution in [0.25, 0.3) is 0 Å². The molecule has 0 bridgehead atoms. The number of ether oxygens (including phenoxy) is 1. The predicted molar refractivity (Wildman–Crippen MR) is 56.7 cm³/mol. The number of sulfone groups is 2. The van der Waals surface area contributed by atoms with E-state index in [0.29, 0.717) is 0 Å². The molecule has 0 saturated heterocycles. The van der Waals surface area contributed by atoms with Crippen LogP contribution in [0.15, 0.2) is 0 Å². The van der Waals surface area contributed by atoms with Crippen molar-refractivity contribution in [3.8, 4) is 0 Å². The molecule has 0 saturated carbocycles. The van der Waals surface area contributed by atoms with Crippen LogP contribution in [-0.4, -0.2) is 57.1 Å². The molecule has 100 valence electrons. The van der Waals surface area contributed by atoms with Crippen LogP contribution in [0, 0.1) is 0 Å². The Bertz CT molecular complexity index is 486. The van der Waals surface area contributed by atoms with Gasteiger partial charge >= 0.3 is 11.9 Å². The fourth-order valence-corrected chi connectivity index (χ4v) is 4.60. The van der Waals surface area contributed by atoms with E-state index >= 15 is 0 Å². The molecule has 10 heteroatoms. The number of carbonyl (C=O) groups excluding carboxylic acids is 1. The van der Waals surface area contributed by atoms with Crippen molar-refractivity contribution < 1.29 is 36.3 Å². The van der Waals surface area contributed by atoms with Crippen LogP contribution in [0.3, 0.4) is 0 Å². The summed E-state index contributed by atoms with van der Waals surface area (Å²) in [4.78, 5) is 21.0. The first-order valence-electron chi connectivity index (χ1n) is 4.36. The first kappa shape index (κ1) is 15.8. The Morgan fingerprint density at radius 3 is 1.94 bits per heavy atom. The van der Waals surface area contributed by atoms with Crippen molar-refractivity contribution >= 4 is 31.6 Å². The van der Waals surface area contributed by atoms with Gasteiger partial charge in [0, 0.05) is 0 Å². The summed E-state index contributed by atoms with van der Waals surface area (Å²) in [7, 11) is -8.53. The summed E-state index contributed by atoms with van der Waals surface area (Å²) in [5.74, 6) is -5.11. The average Bonchev–Trinajstić information content (AvgIpc) is 1.96. The molecule has 0 aliphatic heterocycles. The fourth-order valence-electron chi connectivity index (χ4n) is 0.927. The summed E-state index contributed by atoms with van der Waals surface area (Å²) in [5.41, 5.74) is 0. The molecule has 0 aromatic heterocycles. The maximum atomic E-state index is 11.2. The Labute approximate surface area is 98.4 Å². The van der Waals surface area contributed by atoms with Gasteiger partial charge in [-0.1, -0.05) is 0 Å². The van der Waals surface area contributed by atoms with Gasteiger partial charge < -0.3 is 9.84 Å². The molecule has 0 unspecified atom stereocenters. The maximum Gasteiger partial charge on any atom is 0.321 e. The largest absolute Gasteiger partial charge is 0.480 e. The Hall–Kier alpha value is -1.16. The van der Waals surface area contributed by atoms with Crippen molar-refractivity contribution in [1.29, 1.82) is 0 Å². The summed E-state index contributed by atoms with van der Waals surface area (Å²) < 4.78 is 49.0. The lowest BCUT2D eigenvalue weighted by Gasteiger charge is -2.04. The Morgan fingerprint density at radius 1 is 1.06 bits per heavy atom. The van der Waals surface area contributed by atoms with Gasteiger partial charge in [0.15, 0.2) is 24.8 Å². The minimum absolute atomic E-state index is 0.0315. The fraction of sp³-hybridized carbons (Fsp3) is 0.714. The lowest BCUT2D eigenvalue weighted by molar-refractivity contribution is -0.140. The van der Waals surface area contributed by atoms with Crippen LogP contribution < -0.4 is 0 Å². The van der Waals surface area contributed by atoms with E-state index in [4.69, 9.17) is 5.11 Å². The van der Waals surface area contributed by atoms with E-state index < -0.39 is 48.2 Å². The number of carboxylic acids is 1. The maximum absolute atomic E-state index is 11.2. The summed E-state index contributed by atoms with van der Waals surface area (Å²) in [6.07, 6.45) is 0. The van der Waals surface area contributed by atoms with E-state index in [1.165, 1.54) is 6.92 Å². The molecular weight excluding hydrogens is 276 g/mol. The van der Waals surface area contributed by atoms with Crippen LogP contribution in [0.2, 0.25) is 0 Å². The molecule has 0 aliphatic rings. The molecule has 0 amide bonds. The molecule has 0 fully saturated rings. The first-order chi connectivity index (χ1) is 7.58. The van der Waals surface area contributed by atoms with Crippen LogP contribution in [0.5, 0.6) is 0 Å². The minimum Gasteiger partial charge on any atom is -0.480 e. The smallest absolute Gasteiger partial charge is 0.321 e. The van der Waals surface area contributed by atoms with Crippen molar-refractivity contribution in [1.82, 2.24) is 0 Å². The zero-order chi connectivity index (χ0) is 13.7. The standard InChI is InChI=1S/C7H12O8S2/c1-2-15-7(10)4-17(13,14)5-16(11,12)3-6(8)9/h2-5H2,1H3,(H,8,9). The van der Waals surface area contributed by atoms with Gasteiger partial charge in [-0.3, -0.25) is 9.59 Å². The summed E-state index contributed by atoms with van der Waals surface area (Å²) >= 11 is 0. The SMILES string of the molecule is CCOC(=O)CS(=O)(=O)CS(=O)(=O)CC(=O)O. The van der Waals surface area contributed by atoms with E-state index in [9.17, 15) is 26.4 Å². The van der Waals surface area contributed by atoms with Gasteiger partial charge in [-0.25, -0.2) is 16.8 Å². The van der Waals surface area contributed by atoms with E-state index in [1.807, 2.05) is 0 Å². The monoisotopic (exact) mass is 288 g/mol. The van der Waals surface area contributed by atoms with Gasteiger partial charge in [0.2, 0.25) is 0 Å². The third-order valence-corrected chi connectivity index (χ3v) is 5.58. The number of aliphatic carboxylic acids is 1. The lowest BCUT2D eigenvalue weighted by atomic mass is 10.8. The van der Waals surface area contributed by atoms with Gasteiger partial charge in [-0.2, -0.15) is 0 Å². The van der Waals surface area contributed by atoms with Crippen LogP contribution in [0.1, 0.15) is 6.92 Å². The lowest BCUT2D eigenvalue weighted by Crippen LogP contribution is -2.28. The second kappa shape index (κ2) is 5.96. The van der Waals surface area contributed by atoms with Gasteiger partial charge in [-0.05, 0) is 6.92 Å². The van der Waals surface area contributed by atoms with Crippen molar-refractivity contribution in [3.63, 3.8) is 0 Å². The molecule has 8 nitrogen and oxygen atoms in total. The Morgan fingerprint density at radius 2 is 1.53 bits per heavy atom. The highest BCUT2D eigenvalue weighted by atomic mass is 32.3. The number of esters is 1. The van der Waals surface area contributed by atoms with E-state index in [-0.39, 0.29) is 6.61 Å². The molecule has 1 N–H and O–H groups in total. The second-order valence-electron chi connectivity index (χ2n) is 3.09. The summed E-state index contributed by atoms with van der Waals surface area (Å²) in [5, 5.41) is 6.86. The van der Waals surface area contributed by atoms with Crippen LogP contribution in [0.4, 0.5) is 0 Å². The van der Waals surface area contributed by atoms with Crippen molar-refractivity contribution in [2.45, 2.75) is 6.92 Å². The van der Waals surface area contributed by atoms with Crippen molar-refractivity contribution in [2.24, 2.45) is 0 Å². The highest BCUT2D eigenvalue weighted by Crippen LogP contribution is 2.00. The number of carboxylic acid groups (broad SMARTS) is 1. The van der Waals surface area contributed by atoms with Crippen molar-refractivity contribution in [2.75, 3.05) is 23.2 Å². The average molecular weight is 288 g/mol. The van der Waals surface area contributed by atoms with Crippen molar-refractivity contribution in [3.05, 3.63) is 0 Å². The highest BCUT2D eigenvalue weighted by Gasteiger charge is 2.27. The third kappa shape index (κ3) is 7.69. The van der Waals surface area contributed by atoms with E-state index in [0.717, 1.165) is 0 Å². The molecule has 0 aliphatic carbocycles. The van der Waals surface area contributed by atoms with Crippen LogP contribution >= 0.6 is 0 Å². The zero-order valence-corrected chi connectivity index (χ0v) is 10.6. The molecular formula is C7H12O8S2. The number of carbonyl (C=O) groups is 2. The van der Waals surface area contributed by atoms with E-state index in [2.05, 4.69) is 4.74 Å². The van der Waals surface area contributed by atoms with Gasteiger partial charge in [-0.15, -0.1) is 0 Å². The number of rotatable bonds is 7. The summed E-state index contributed by atoms with van der Waals surface area (Å²) in [6, 6.07) is 0. The van der Waals surface area contributed by atoms with Crippen LogP contribution in [-0.2, 0) is 34.0 Å². The Balaban J connectivity index is 4.66. The van der Waals surface area contributed by atoms with Gasteiger partial charge in [0.1, 0.15) is 11.5 Å². The van der Waals surface area contributed by atoms with E-state index in [1.54, 1.807) is 0 Å². The third-order valence-electron chi connectivity index (χ3n) is 1.35. The normalized spacial score (nSPS) is 12.1. The molecule has 0 spiro atoms. The highest BCUT2D eigenvalue weighted by molar-refractivity contribution is 8.08. The first-order valence-corrected chi connectivity index (χ1v) is 8.00.